The summed E-state index contributed by atoms with van der Waals surface area (Å²) in [6.07, 6.45) is 3.96. The van der Waals surface area contributed by atoms with Crippen LogP contribution in [0.5, 0.6) is 11.5 Å². The Labute approximate surface area is 858 Å². The molecular weight excluding hydrogens is 1860 g/mol. The summed E-state index contributed by atoms with van der Waals surface area (Å²) in [7, 11) is 2.86. The third-order valence-electron chi connectivity index (χ3n) is 26.7. The quantitative estimate of drug-likeness (QED) is 0.0201. The van der Waals surface area contributed by atoms with Crippen LogP contribution in [-0.2, 0) is 95.2 Å². The van der Waals surface area contributed by atoms with E-state index in [2.05, 4.69) is 47.4 Å². The van der Waals surface area contributed by atoms with Gasteiger partial charge in [-0.15, -0.1) is 10.2 Å². The largest absolute Gasteiger partial charge is 0.490 e. The molecule has 10 amide bonds. The molecule has 147 heavy (non-hydrogen) atoms. The second-order valence-electron chi connectivity index (χ2n) is 43.7. The van der Waals surface area contributed by atoms with Crippen LogP contribution >= 0.6 is 0 Å². The lowest BCUT2D eigenvalue weighted by atomic mass is 9.77. The average molecular weight is 2000 g/mol. The number of likely N-dealkylation sites (tertiary alicyclic amines) is 2. The molecule has 6 aliphatic rings. The van der Waals surface area contributed by atoms with Gasteiger partial charge in [0.05, 0.1) is 18.3 Å². The molecule has 8 heterocycles. The van der Waals surface area contributed by atoms with Gasteiger partial charge in [-0.1, -0.05) is 259 Å². The van der Waals surface area contributed by atoms with Crippen LogP contribution in [0.1, 0.15) is 200 Å². The number of allylic oxidation sites excluding steroid dienone is 1. The van der Waals surface area contributed by atoms with E-state index in [4.69, 9.17) is 34.0 Å². The smallest absolute Gasteiger partial charge is 0.410 e. The predicted molar refractivity (Wildman–Crippen MR) is 557 cm³/mol. The Hall–Kier alpha value is -15.2. The van der Waals surface area contributed by atoms with Gasteiger partial charge in [0.15, 0.2) is 5.82 Å². The fourth-order valence-corrected chi connectivity index (χ4v) is 18.7. The van der Waals surface area contributed by atoms with Crippen LogP contribution in [0.25, 0.3) is 21.5 Å². The zero-order valence-corrected chi connectivity index (χ0v) is 87.3. The maximum Gasteiger partial charge on any atom is 0.410 e. The number of hydrogen-bond acceptors (Lipinski definition) is 21. The van der Waals surface area contributed by atoms with Crippen LogP contribution in [0.3, 0.4) is 0 Å². The van der Waals surface area contributed by atoms with Crippen molar-refractivity contribution in [1.29, 1.82) is 0 Å². The highest BCUT2D eigenvalue weighted by Gasteiger charge is 2.51. The zero-order valence-electron chi connectivity index (χ0n) is 87.3. The van der Waals surface area contributed by atoms with Crippen molar-refractivity contribution < 1.29 is 76.4 Å². The molecule has 2 aromatic heterocycles. The van der Waals surface area contributed by atoms with E-state index in [1.807, 2.05) is 200 Å². The van der Waals surface area contributed by atoms with Crippen molar-refractivity contribution in [3.8, 4) is 11.5 Å². The van der Waals surface area contributed by atoms with Gasteiger partial charge >= 0.3 is 18.2 Å². The summed E-state index contributed by atoms with van der Waals surface area (Å²) in [6, 6.07) is 57.0. The van der Waals surface area contributed by atoms with Gasteiger partial charge in [0, 0.05) is 59.3 Å². The van der Waals surface area contributed by atoms with Crippen LogP contribution < -0.4 is 41.4 Å². The molecule has 0 spiro atoms. The van der Waals surface area contributed by atoms with E-state index in [1.54, 1.807) is 156 Å². The van der Waals surface area contributed by atoms with Crippen LogP contribution in [0.2, 0.25) is 0 Å². The zero-order chi connectivity index (χ0) is 106. The van der Waals surface area contributed by atoms with Gasteiger partial charge in [-0.3, -0.25) is 48.2 Å². The van der Waals surface area contributed by atoms with E-state index in [1.165, 1.54) is 37.7 Å². The van der Waals surface area contributed by atoms with Gasteiger partial charge in [-0.25, -0.2) is 23.7 Å². The number of aromatic nitrogens is 7. The van der Waals surface area contributed by atoms with Crippen molar-refractivity contribution >= 4 is 87.0 Å². The van der Waals surface area contributed by atoms with Crippen molar-refractivity contribution in [1.82, 2.24) is 86.7 Å². The molecule has 0 radical (unpaired) electrons. The van der Waals surface area contributed by atoms with Crippen molar-refractivity contribution in [2.45, 2.75) is 258 Å². The minimum Gasteiger partial charge on any atom is -0.490 e. The van der Waals surface area contributed by atoms with Crippen molar-refractivity contribution in [3.05, 3.63) is 293 Å². The highest BCUT2D eigenvalue weighted by molar-refractivity contribution is 5.99. The van der Waals surface area contributed by atoms with E-state index < -0.39 is 171 Å². The number of likely N-dealkylation sites (N-methyl/N-ethyl adjacent to an activating group) is 2. The standard InChI is InChI=1S/C114H137N17O16/c1-71(126(18)107(141)146-112(12,13)14)98(132)119-95(109(3,4)5)104(138)128-67-77-35-33-34-58-143-87-54-48-73(49-55-87)61-89(97-122-123-125-131(97)114(82-40-23-20-24-41-82,83-42-25-21-26-43-83)84-44-27-22-28-45-84)115-100(134)90(63-75-46-52-78-36-29-31-38-80(78)59-75)117-103(137)94-66-86(69-129(94)105(139)96(110(6,7)8)120-99(133)72(2)127(19)108(142)147-113(15,16)17)130-68-85(121-124-130)70-144-88-56-50-74(51-57-88)62-92(106(140)145-111(9,10)11)118-101(135)91(116-102(136)93(128)65-77)64-76-47-53-79-37-30-32-39-81(79)60-76/h20-34,36-57,59-60,68,71-72,77,86,89-96H,35,58,61-67,69-70H2,1-19H3,(H,115,134)(H,116,136)(H,117,137)(H,118,135)(H,119,132)(H,120,133)/b34-33+/t71-,72-,77-,86-,89-,90-,91-,92-,93-,94-,95+,96+/m0/s1. The SMILES string of the molecule is C[C@@H](C(=O)N[C@H](C(=O)N1C[C@H]2C/C=C/COc3ccc(cc3)C[C@@H](c3nnnn3C(c3ccccc3)(c3ccccc3)c3ccccc3)NC(=O)[C@H](Cc3ccc4ccccc4c3)NC(=O)[C@@H]3C[C@@H](CN3C(=O)[C@@H](NC(=O)[C@H](C)N(C)C(=O)OC(C)(C)C)C(C)(C)C)n3cc(nn3)COc3ccc(cc3)C[C@@H](C(=O)OC(C)(C)C)NC(=O)[C@H](Cc3ccc4ccccc4c3)NC(=O)[C@@H]1C2)C(C)(C)C)N(C)C(=O)OC(C)(C)C. The molecule has 33 heteroatoms. The minimum absolute atomic E-state index is 0.0240. The summed E-state index contributed by atoms with van der Waals surface area (Å²) in [5.41, 5.74) is -0.926. The first-order valence-corrected chi connectivity index (χ1v) is 50.1. The molecule has 33 nitrogen and oxygen atoms in total. The molecule has 6 N–H and O–H groups in total. The van der Waals surface area contributed by atoms with Gasteiger partial charge < -0.3 is 65.4 Å². The second kappa shape index (κ2) is 45.6. The van der Waals surface area contributed by atoms with Crippen molar-refractivity contribution in [2.75, 3.05) is 33.8 Å². The van der Waals surface area contributed by atoms with Gasteiger partial charge in [0.25, 0.3) is 0 Å². The highest BCUT2D eigenvalue weighted by Crippen LogP contribution is 2.43. The van der Waals surface area contributed by atoms with Gasteiger partial charge in [-0.05, 0) is 201 Å². The lowest BCUT2D eigenvalue weighted by Gasteiger charge is -2.37. The molecule has 10 bridgehead atoms. The third kappa shape index (κ3) is 26.9. The predicted octanol–water partition coefficient (Wildman–Crippen LogP) is 14.2. The molecule has 6 aliphatic heterocycles. The third-order valence-corrected chi connectivity index (χ3v) is 26.7. The molecule has 11 aromatic rings. The lowest BCUT2D eigenvalue weighted by Crippen LogP contribution is -2.61. The summed E-state index contributed by atoms with van der Waals surface area (Å²) in [4.78, 5) is 172. The summed E-state index contributed by atoms with van der Waals surface area (Å²) < 4.78 is 33.5. The van der Waals surface area contributed by atoms with E-state index >= 15 is 28.8 Å². The van der Waals surface area contributed by atoms with Crippen LogP contribution in [0.15, 0.2) is 243 Å². The van der Waals surface area contributed by atoms with Crippen molar-refractivity contribution in [2.24, 2.45) is 16.7 Å². The molecule has 12 atom stereocenters. The molecule has 2 fully saturated rings. The Morgan fingerprint density at radius 1 is 0.463 bits per heavy atom. The topological polar surface area (TPSA) is 393 Å². The molecule has 9 aromatic carbocycles. The normalized spacial score (nSPS) is 19.8. The number of hydrogen-bond donors (Lipinski definition) is 6. The Morgan fingerprint density at radius 2 is 0.898 bits per heavy atom. The molecule has 0 unspecified atom stereocenters. The first kappa shape index (κ1) is 108. The number of benzene rings is 9. The maximum absolute atomic E-state index is 16.6. The highest BCUT2D eigenvalue weighted by atomic mass is 16.6. The molecule has 2 saturated heterocycles. The fraction of sp³-hybridized carbons (Fsp3) is 0.421. The van der Waals surface area contributed by atoms with Gasteiger partial charge in [0.2, 0.25) is 47.3 Å². The Bertz CT molecular complexity index is 6460. The number of tetrazole rings is 1. The van der Waals surface area contributed by atoms with Gasteiger partial charge in [-0.2, -0.15) is 0 Å². The number of fused-ring (bicyclic) bond motifs is 2. The van der Waals surface area contributed by atoms with Crippen LogP contribution in [-0.4, -0.2) is 225 Å². The van der Waals surface area contributed by atoms with Crippen LogP contribution in [0.4, 0.5) is 9.59 Å². The van der Waals surface area contributed by atoms with E-state index in [-0.39, 0.29) is 70.7 Å². The first-order valence-electron chi connectivity index (χ1n) is 50.1. The fourth-order valence-electron chi connectivity index (χ4n) is 18.7. The number of rotatable bonds is 18. The van der Waals surface area contributed by atoms with E-state index in [9.17, 15) is 24.0 Å². The number of carbonyl (C=O) groups is 11. The number of carbonyl (C=O) groups excluding carboxylic acids is 11. The number of ether oxygens (including phenoxy) is 5. The second-order valence-corrected chi connectivity index (χ2v) is 43.7. The van der Waals surface area contributed by atoms with E-state index in [0.717, 1.165) is 48.0 Å². The van der Waals surface area contributed by atoms with Gasteiger partial charge in [0.1, 0.15) is 107 Å². The molecule has 0 saturated carbocycles. The number of amides is 10. The summed E-state index contributed by atoms with van der Waals surface area (Å²) in [6.45, 7) is 28.9. The molecule has 774 valence electrons. The Balaban J connectivity index is 0.855. The molecule has 17 rings (SSSR count). The summed E-state index contributed by atoms with van der Waals surface area (Å²) in [5.74, 6) is -5.49. The first-order chi connectivity index (χ1) is 69.6. The summed E-state index contributed by atoms with van der Waals surface area (Å²) in [5, 5.41) is 45.6. The Morgan fingerprint density at radius 3 is 1.37 bits per heavy atom. The average Bonchev–Trinajstić information content (AvgIpc) is 1.67. The lowest BCUT2D eigenvalue weighted by molar-refractivity contribution is -0.158. The monoisotopic (exact) mass is 2000 g/mol. The number of nitrogens with zero attached hydrogens (tertiary/aromatic N) is 11. The minimum atomic E-state index is -1.41. The van der Waals surface area contributed by atoms with Crippen molar-refractivity contribution in [3.63, 3.8) is 0 Å². The maximum atomic E-state index is 16.6. The summed E-state index contributed by atoms with van der Waals surface area (Å²) >= 11 is 0. The van der Waals surface area contributed by atoms with Crippen LogP contribution in [0, 0.1) is 16.7 Å². The number of esters is 1. The van der Waals surface area contributed by atoms with E-state index in [0.29, 0.717) is 45.9 Å². The Kier molecular flexibility index (Phi) is 33.4. The molecular formula is C114H137N17O16. The number of nitrogens with one attached hydrogen (secondary N) is 6. The molecule has 0 aliphatic carbocycles.